The van der Waals surface area contributed by atoms with Crippen LogP contribution < -0.4 is 10.1 Å². The average Bonchev–Trinajstić information content (AvgIpc) is 2.24. The molecule has 0 amide bonds. The van der Waals surface area contributed by atoms with Crippen molar-refractivity contribution in [2.24, 2.45) is 0 Å². The summed E-state index contributed by atoms with van der Waals surface area (Å²) in [7, 11) is -1.28. The fourth-order valence-corrected chi connectivity index (χ4v) is 2.88. The van der Waals surface area contributed by atoms with Gasteiger partial charge in [0.25, 0.3) is 0 Å². The fraction of sp³-hybridized carbons (Fsp3) is 0.538. The van der Waals surface area contributed by atoms with Crippen LogP contribution in [0.3, 0.4) is 0 Å². The summed E-state index contributed by atoms with van der Waals surface area (Å²) in [5.41, 5.74) is 2.20. The second kappa shape index (κ2) is 6.20. The van der Waals surface area contributed by atoms with Gasteiger partial charge in [0.1, 0.15) is 15.6 Å². The third kappa shape index (κ3) is 5.06. The van der Waals surface area contributed by atoms with Gasteiger partial charge >= 0.3 is 0 Å². The van der Waals surface area contributed by atoms with Crippen molar-refractivity contribution in [2.75, 3.05) is 19.1 Å². The Morgan fingerprint density at radius 3 is 2.56 bits per heavy atom. The maximum atomic E-state index is 11.1. The van der Waals surface area contributed by atoms with Gasteiger partial charge in [0.2, 0.25) is 0 Å². The number of rotatable bonds is 6. The van der Waals surface area contributed by atoms with E-state index in [2.05, 4.69) is 5.32 Å². The van der Waals surface area contributed by atoms with Gasteiger partial charge in [-0.3, -0.25) is 0 Å². The molecular weight excluding hydrogens is 250 g/mol. The highest BCUT2D eigenvalue weighted by Crippen LogP contribution is 2.18. The predicted molar refractivity (Wildman–Crippen MR) is 73.7 cm³/mol. The van der Waals surface area contributed by atoms with Crippen LogP contribution in [0.15, 0.2) is 18.2 Å². The summed E-state index contributed by atoms with van der Waals surface area (Å²) in [5.74, 6) is 1.02. The molecule has 0 aliphatic heterocycles. The van der Waals surface area contributed by atoms with Gasteiger partial charge in [-0.05, 0) is 31.0 Å². The number of nitrogens with one attached hydrogen (secondary N) is 1. The molecular formula is C13H21NO3S. The Bertz CT molecular complexity index is 497. The molecule has 0 aliphatic carbocycles. The number of hydrogen-bond donors (Lipinski definition) is 1. The summed E-state index contributed by atoms with van der Waals surface area (Å²) in [6.07, 6.45) is 1.25. The van der Waals surface area contributed by atoms with Crippen LogP contribution in [0.5, 0.6) is 5.75 Å². The molecule has 1 rings (SSSR count). The van der Waals surface area contributed by atoms with Crippen LogP contribution in [-0.2, 0) is 16.4 Å². The molecule has 18 heavy (non-hydrogen) atoms. The largest absolute Gasteiger partial charge is 0.496 e. The molecule has 1 aromatic carbocycles. The summed E-state index contributed by atoms with van der Waals surface area (Å²) in [6, 6.07) is 5.89. The first-order chi connectivity index (χ1) is 8.31. The molecule has 4 nitrogen and oxygen atoms in total. The Morgan fingerprint density at radius 2 is 2.06 bits per heavy atom. The Hall–Kier alpha value is -1.07. The summed E-state index contributed by atoms with van der Waals surface area (Å²) in [6.45, 7) is 4.52. The maximum absolute atomic E-state index is 11.1. The van der Waals surface area contributed by atoms with Gasteiger partial charge in [0.05, 0.1) is 12.9 Å². The van der Waals surface area contributed by atoms with Crippen LogP contribution in [0, 0.1) is 6.92 Å². The lowest BCUT2D eigenvalue weighted by molar-refractivity contribution is 0.411. The van der Waals surface area contributed by atoms with E-state index in [1.165, 1.54) is 6.26 Å². The molecule has 0 bridgehead atoms. The summed E-state index contributed by atoms with van der Waals surface area (Å²) < 4.78 is 27.5. The molecule has 0 fully saturated rings. The van der Waals surface area contributed by atoms with Crippen molar-refractivity contribution in [3.8, 4) is 5.75 Å². The molecule has 102 valence electrons. The molecule has 0 aromatic heterocycles. The lowest BCUT2D eigenvalue weighted by atomic mass is 10.1. The van der Waals surface area contributed by atoms with Gasteiger partial charge in [0, 0.05) is 18.8 Å². The van der Waals surface area contributed by atoms with Crippen LogP contribution in [0.1, 0.15) is 18.1 Å². The second-order valence-electron chi connectivity index (χ2n) is 4.68. The highest BCUT2D eigenvalue weighted by Gasteiger charge is 2.10. The van der Waals surface area contributed by atoms with Crippen molar-refractivity contribution >= 4 is 9.84 Å². The first-order valence-electron chi connectivity index (χ1n) is 5.86. The number of aryl methyl sites for hydroxylation is 1. The molecule has 1 N–H and O–H groups in total. The van der Waals surface area contributed by atoms with Gasteiger partial charge in [0.15, 0.2) is 0 Å². The minimum Gasteiger partial charge on any atom is -0.496 e. The third-order valence-electron chi connectivity index (χ3n) is 2.67. The van der Waals surface area contributed by atoms with E-state index in [0.29, 0.717) is 6.54 Å². The molecule has 0 radical (unpaired) electrons. The molecule has 0 saturated heterocycles. The number of hydrogen-bond acceptors (Lipinski definition) is 4. The molecule has 1 aromatic rings. The van der Waals surface area contributed by atoms with Crippen LogP contribution in [0.2, 0.25) is 0 Å². The number of benzene rings is 1. The fourth-order valence-electron chi connectivity index (χ4n) is 1.86. The Morgan fingerprint density at radius 1 is 1.39 bits per heavy atom. The molecule has 1 unspecified atom stereocenters. The Labute approximate surface area is 109 Å². The van der Waals surface area contributed by atoms with Crippen molar-refractivity contribution in [3.63, 3.8) is 0 Å². The molecule has 1 atom stereocenters. The molecule has 5 heteroatoms. The standard InChI is InChI=1S/C13H21NO3S/c1-10-7-12(5-6-13(10)17-3)8-14-11(2)9-18(4,15)16/h5-7,11,14H,8-9H2,1-4H3. The van der Waals surface area contributed by atoms with Crippen molar-refractivity contribution in [2.45, 2.75) is 26.4 Å². The zero-order valence-electron chi connectivity index (χ0n) is 11.4. The van der Waals surface area contributed by atoms with E-state index in [9.17, 15) is 8.42 Å². The van der Waals surface area contributed by atoms with E-state index in [0.717, 1.165) is 16.9 Å². The number of methoxy groups -OCH3 is 1. The molecule has 0 saturated carbocycles. The zero-order valence-corrected chi connectivity index (χ0v) is 12.2. The highest BCUT2D eigenvalue weighted by atomic mass is 32.2. The number of ether oxygens (including phenoxy) is 1. The van der Waals surface area contributed by atoms with Crippen LogP contribution in [0.25, 0.3) is 0 Å². The van der Waals surface area contributed by atoms with E-state index >= 15 is 0 Å². The maximum Gasteiger partial charge on any atom is 0.148 e. The van der Waals surface area contributed by atoms with E-state index in [1.54, 1.807) is 7.11 Å². The van der Waals surface area contributed by atoms with Crippen LogP contribution in [-0.4, -0.2) is 33.6 Å². The lowest BCUT2D eigenvalue weighted by Gasteiger charge is -2.13. The van der Waals surface area contributed by atoms with E-state index in [-0.39, 0.29) is 11.8 Å². The van der Waals surface area contributed by atoms with Crippen molar-refractivity contribution < 1.29 is 13.2 Å². The smallest absolute Gasteiger partial charge is 0.148 e. The second-order valence-corrected chi connectivity index (χ2v) is 6.86. The van der Waals surface area contributed by atoms with Gasteiger partial charge < -0.3 is 10.1 Å². The topological polar surface area (TPSA) is 55.4 Å². The third-order valence-corrected chi connectivity index (χ3v) is 3.77. The average molecular weight is 271 g/mol. The minimum absolute atomic E-state index is 0.0533. The first kappa shape index (κ1) is 15.0. The quantitative estimate of drug-likeness (QED) is 0.852. The van der Waals surface area contributed by atoms with Crippen LogP contribution >= 0.6 is 0 Å². The highest BCUT2D eigenvalue weighted by molar-refractivity contribution is 7.90. The minimum atomic E-state index is -2.93. The van der Waals surface area contributed by atoms with E-state index < -0.39 is 9.84 Å². The van der Waals surface area contributed by atoms with Gasteiger partial charge in [-0.1, -0.05) is 12.1 Å². The predicted octanol–water partition coefficient (Wildman–Crippen LogP) is 1.53. The SMILES string of the molecule is COc1ccc(CNC(C)CS(C)(=O)=O)cc1C. The van der Waals surface area contributed by atoms with Crippen molar-refractivity contribution in [1.82, 2.24) is 5.32 Å². The first-order valence-corrected chi connectivity index (χ1v) is 7.92. The Balaban J connectivity index is 2.56. The van der Waals surface area contributed by atoms with Gasteiger partial charge in [-0.25, -0.2) is 8.42 Å². The molecule has 0 spiro atoms. The summed E-state index contributed by atoms with van der Waals surface area (Å²) >= 11 is 0. The zero-order chi connectivity index (χ0) is 13.8. The normalized spacial score (nSPS) is 13.3. The Kier molecular flexibility index (Phi) is 5.16. The monoisotopic (exact) mass is 271 g/mol. The summed E-state index contributed by atoms with van der Waals surface area (Å²) in [4.78, 5) is 0. The molecule has 0 heterocycles. The van der Waals surface area contributed by atoms with Gasteiger partial charge in [-0.2, -0.15) is 0 Å². The van der Waals surface area contributed by atoms with Crippen LogP contribution in [0.4, 0.5) is 0 Å². The van der Waals surface area contributed by atoms with E-state index in [1.807, 2.05) is 32.0 Å². The van der Waals surface area contributed by atoms with Crippen molar-refractivity contribution in [1.29, 1.82) is 0 Å². The number of sulfone groups is 1. The lowest BCUT2D eigenvalue weighted by Crippen LogP contribution is -2.32. The van der Waals surface area contributed by atoms with E-state index in [4.69, 9.17) is 4.74 Å². The van der Waals surface area contributed by atoms with Crippen molar-refractivity contribution in [3.05, 3.63) is 29.3 Å². The summed E-state index contributed by atoms with van der Waals surface area (Å²) in [5, 5.41) is 3.20. The molecule has 0 aliphatic rings. The van der Waals surface area contributed by atoms with Gasteiger partial charge in [-0.15, -0.1) is 0 Å².